The zero-order chi connectivity index (χ0) is 11.4. The lowest BCUT2D eigenvalue weighted by molar-refractivity contribution is 0.111. The van der Waals surface area contributed by atoms with Gasteiger partial charge in [-0.1, -0.05) is 13.8 Å². The number of benzene rings is 1. The molecule has 1 aromatic rings. The molecule has 0 fully saturated rings. The van der Waals surface area contributed by atoms with Crippen molar-refractivity contribution >= 4 is 6.29 Å². The summed E-state index contributed by atoms with van der Waals surface area (Å²) in [5, 5.41) is 9.64. The number of carbonyl (C=O) groups is 1. The summed E-state index contributed by atoms with van der Waals surface area (Å²) in [4.78, 5) is 10.8. The van der Waals surface area contributed by atoms with Crippen molar-refractivity contribution in [3.05, 3.63) is 23.3 Å². The van der Waals surface area contributed by atoms with Crippen LogP contribution in [0.2, 0.25) is 0 Å². The van der Waals surface area contributed by atoms with Gasteiger partial charge in [0.25, 0.3) is 0 Å². The second kappa shape index (κ2) is 4.82. The minimum Gasteiger partial charge on any atom is -0.507 e. The van der Waals surface area contributed by atoms with Gasteiger partial charge in [0.15, 0.2) is 6.29 Å². The van der Waals surface area contributed by atoms with Gasteiger partial charge in [-0.25, -0.2) is 0 Å². The lowest BCUT2D eigenvalue weighted by Crippen LogP contribution is -1.99. The third-order valence-electron chi connectivity index (χ3n) is 2.21. The van der Waals surface area contributed by atoms with Crippen molar-refractivity contribution in [1.82, 2.24) is 0 Å². The maximum absolute atomic E-state index is 10.8. The van der Waals surface area contributed by atoms with Crippen molar-refractivity contribution in [3.63, 3.8) is 0 Å². The number of phenols is 1. The van der Waals surface area contributed by atoms with Gasteiger partial charge in [0.1, 0.15) is 11.5 Å². The van der Waals surface area contributed by atoms with Crippen molar-refractivity contribution in [3.8, 4) is 11.5 Å². The molecule has 3 heteroatoms. The Bertz CT molecular complexity index is 356. The van der Waals surface area contributed by atoms with E-state index in [0.717, 1.165) is 5.56 Å². The SMILES string of the molecule is CCOc1cc(O)c(C=O)c(C(C)C)c1. The quantitative estimate of drug-likeness (QED) is 0.774. The lowest BCUT2D eigenvalue weighted by atomic mass is 9.97. The normalized spacial score (nSPS) is 10.4. The molecule has 0 aliphatic heterocycles. The predicted octanol–water partition coefficient (Wildman–Crippen LogP) is 2.73. The monoisotopic (exact) mass is 208 g/mol. The van der Waals surface area contributed by atoms with Crippen LogP contribution >= 0.6 is 0 Å². The number of ether oxygens (including phenoxy) is 1. The van der Waals surface area contributed by atoms with E-state index in [1.807, 2.05) is 20.8 Å². The molecule has 0 spiro atoms. The van der Waals surface area contributed by atoms with Crippen molar-refractivity contribution in [2.24, 2.45) is 0 Å². The van der Waals surface area contributed by atoms with Crippen LogP contribution < -0.4 is 4.74 Å². The van der Waals surface area contributed by atoms with Gasteiger partial charge >= 0.3 is 0 Å². The largest absolute Gasteiger partial charge is 0.507 e. The van der Waals surface area contributed by atoms with E-state index >= 15 is 0 Å². The summed E-state index contributed by atoms with van der Waals surface area (Å²) in [5.41, 5.74) is 1.17. The van der Waals surface area contributed by atoms with E-state index < -0.39 is 0 Å². The standard InChI is InChI=1S/C12H16O3/c1-4-15-9-5-10(8(2)3)11(7-13)12(14)6-9/h5-8,14H,4H2,1-3H3. The fourth-order valence-electron chi connectivity index (χ4n) is 1.49. The van der Waals surface area contributed by atoms with Gasteiger partial charge in [0.2, 0.25) is 0 Å². The Kier molecular flexibility index (Phi) is 3.72. The maximum Gasteiger partial charge on any atom is 0.154 e. The summed E-state index contributed by atoms with van der Waals surface area (Å²) in [5.74, 6) is 0.764. The third kappa shape index (κ3) is 2.49. The van der Waals surface area contributed by atoms with Crippen molar-refractivity contribution in [2.75, 3.05) is 6.61 Å². The number of phenolic OH excluding ortho intramolecular Hbond substituents is 1. The highest BCUT2D eigenvalue weighted by atomic mass is 16.5. The van der Waals surface area contributed by atoms with E-state index in [9.17, 15) is 9.90 Å². The molecule has 0 aliphatic rings. The number of carbonyl (C=O) groups excluding carboxylic acids is 1. The lowest BCUT2D eigenvalue weighted by Gasteiger charge is -2.13. The zero-order valence-electron chi connectivity index (χ0n) is 9.28. The molecule has 0 amide bonds. The van der Waals surface area contributed by atoms with Gasteiger partial charge in [-0.05, 0) is 24.5 Å². The van der Waals surface area contributed by atoms with Crippen LogP contribution in [0.4, 0.5) is 0 Å². The van der Waals surface area contributed by atoms with Crippen LogP contribution in [-0.2, 0) is 0 Å². The van der Waals surface area contributed by atoms with Crippen LogP contribution in [0.1, 0.15) is 42.6 Å². The van der Waals surface area contributed by atoms with Crippen LogP contribution in [0.3, 0.4) is 0 Å². The van der Waals surface area contributed by atoms with Gasteiger partial charge in [-0.2, -0.15) is 0 Å². The van der Waals surface area contributed by atoms with E-state index in [4.69, 9.17) is 4.74 Å². The first-order valence-corrected chi connectivity index (χ1v) is 5.05. The number of rotatable bonds is 4. The molecule has 0 atom stereocenters. The zero-order valence-corrected chi connectivity index (χ0v) is 9.28. The topological polar surface area (TPSA) is 46.5 Å². The van der Waals surface area contributed by atoms with Gasteiger partial charge in [0, 0.05) is 6.07 Å². The molecule has 3 nitrogen and oxygen atoms in total. The summed E-state index contributed by atoms with van der Waals surface area (Å²) >= 11 is 0. The molecule has 1 aromatic carbocycles. The van der Waals surface area contributed by atoms with Gasteiger partial charge in [-0.15, -0.1) is 0 Å². The van der Waals surface area contributed by atoms with Crippen LogP contribution in [0, 0.1) is 0 Å². The Labute approximate surface area is 89.7 Å². The maximum atomic E-state index is 10.8. The number of hydrogen-bond acceptors (Lipinski definition) is 3. The number of hydrogen-bond donors (Lipinski definition) is 1. The molecular weight excluding hydrogens is 192 g/mol. The smallest absolute Gasteiger partial charge is 0.154 e. The minimum absolute atomic E-state index is 0.0142. The molecule has 0 aliphatic carbocycles. The Morgan fingerprint density at radius 3 is 2.60 bits per heavy atom. The first-order chi connectivity index (χ1) is 7.10. The predicted molar refractivity (Wildman–Crippen MR) is 58.8 cm³/mol. The van der Waals surface area contributed by atoms with Gasteiger partial charge < -0.3 is 9.84 Å². The summed E-state index contributed by atoms with van der Waals surface area (Å²) < 4.78 is 5.30. The molecule has 0 radical (unpaired) electrons. The molecule has 0 saturated heterocycles. The highest BCUT2D eigenvalue weighted by Crippen LogP contribution is 2.31. The molecule has 0 aromatic heterocycles. The summed E-state index contributed by atoms with van der Waals surface area (Å²) in [6.07, 6.45) is 0.681. The van der Waals surface area contributed by atoms with Crippen molar-refractivity contribution < 1.29 is 14.6 Å². The first-order valence-electron chi connectivity index (χ1n) is 5.05. The van der Waals surface area contributed by atoms with Crippen LogP contribution in [-0.4, -0.2) is 18.0 Å². The second-order valence-electron chi connectivity index (χ2n) is 3.65. The summed E-state index contributed by atoms with van der Waals surface area (Å²) in [6, 6.07) is 3.27. The molecule has 0 bridgehead atoms. The van der Waals surface area contributed by atoms with E-state index in [0.29, 0.717) is 24.2 Å². The van der Waals surface area contributed by atoms with Crippen LogP contribution in [0.25, 0.3) is 0 Å². The molecular formula is C12H16O3. The average molecular weight is 208 g/mol. The Balaban J connectivity index is 3.25. The Morgan fingerprint density at radius 1 is 1.47 bits per heavy atom. The van der Waals surface area contributed by atoms with Gasteiger partial charge in [-0.3, -0.25) is 4.79 Å². The average Bonchev–Trinajstić information content (AvgIpc) is 2.17. The van der Waals surface area contributed by atoms with Crippen molar-refractivity contribution in [2.45, 2.75) is 26.7 Å². The summed E-state index contributed by atoms with van der Waals surface area (Å²) in [7, 11) is 0. The van der Waals surface area contributed by atoms with E-state index in [2.05, 4.69) is 0 Å². The molecule has 0 saturated carbocycles. The first kappa shape index (κ1) is 11.6. The molecule has 0 heterocycles. The molecule has 15 heavy (non-hydrogen) atoms. The van der Waals surface area contributed by atoms with Crippen molar-refractivity contribution in [1.29, 1.82) is 0 Å². The van der Waals surface area contributed by atoms with E-state index in [1.165, 1.54) is 6.07 Å². The highest BCUT2D eigenvalue weighted by molar-refractivity contribution is 5.82. The highest BCUT2D eigenvalue weighted by Gasteiger charge is 2.12. The fourth-order valence-corrected chi connectivity index (χ4v) is 1.49. The minimum atomic E-state index is -0.0142. The molecule has 0 unspecified atom stereocenters. The fraction of sp³-hybridized carbons (Fsp3) is 0.417. The van der Waals surface area contributed by atoms with Gasteiger partial charge in [0.05, 0.1) is 12.2 Å². The number of aromatic hydroxyl groups is 1. The van der Waals surface area contributed by atoms with Crippen LogP contribution in [0.5, 0.6) is 11.5 Å². The molecule has 1 rings (SSSR count). The molecule has 1 N–H and O–H groups in total. The molecule has 82 valence electrons. The Hall–Kier alpha value is -1.51. The summed E-state index contributed by atoms with van der Waals surface area (Å²) in [6.45, 7) is 6.35. The van der Waals surface area contributed by atoms with Crippen LogP contribution in [0.15, 0.2) is 12.1 Å². The Morgan fingerprint density at radius 2 is 2.13 bits per heavy atom. The van der Waals surface area contributed by atoms with E-state index in [-0.39, 0.29) is 11.7 Å². The second-order valence-corrected chi connectivity index (χ2v) is 3.65. The third-order valence-corrected chi connectivity index (χ3v) is 2.21. The number of aldehydes is 1. The van der Waals surface area contributed by atoms with E-state index in [1.54, 1.807) is 6.07 Å².